The number of rotatable bonds is 6. The van der Waals surface area contributed by atoms with Crippen LogP contribution in [-0.4, -0.2) is 35.4 Å². The Balaban J connectivity index is 1.58. The summed E-state index contributed by atoms with van der Waals surface area (Å²) in [5.41, 5.74) is 1.32. The van der Waals surface area contributed by atoms with Crippen LogP contribution in [0.2, 0.25) is 0 Å². The fourth-order valence-corrected chi connectivity index (χ4v) is 2.64. The topological polar surface area (TPSA) is 84.5 Å². The molecule has 2 heterocycles. The number of pyridine rings is 1. The van der Waals surface area contributed by atoms with E-state index in [1.54, 1.807) is 68.8 Å². The van der Waals surface area contributed by atoms with Crippen molar-refractivity contribution >= 4 is 11.8 Å². The van der Waals surface area contributed by atoms with Gasteiger partial charge >= 0.3 is 0 Å². The maximum absolute atomic E-state index is 12.3. The van der Waals surface area contributed by atoms with Gasteiger partial charge in [0.15, 0.2) is 5.76 Å². The van der Waals surface area contributed by atoms with E-state index in [0.717, 1.165) is 5.56 Å². The smallest absolute Gasteiger partial charge is 0.287 e. The zero-order valence-electron chi connectivity index (χ0n) is 15.7. The van der Waals surface area contributed by atoms with Gasteiger partial charge in [-0.2, -0.15) is 0 Å². The Morgan fingerprint density at radius 2 is 1.79 bits per heavy atom. The predicted octanol–water partition coefficient (Wildman–Crippen LogP) is 2.12. The minimum absolute atomic E-state index is 0.0729. The quantitative estimate of drug-likeness (QED) is 0.711. The van der Waals surface area contributed by atoms with Crippen molar-refractivity contribution in [2.75, 3.05) is 14.1 Å². The summed E-state index contributed by atoms with van der Waals surface area (Å²) in [6.07, 6.45) is 1.66. The number of furan rings is 1. The number of hydrogen-bond donors (Lipinski definition) is 1. The minimum atomic E-state index is -0.347. The lowest BCUT2D eigenvalue weighted by Crippen LogP contribution is -2.23. The first kappa shape index (κ1) is 19.2. The van der Waals surface area contributed by atoms with Gasteiger partial charge in [0.25, 0.3) is 17.4 Å². The summed E-state index contributed by atoms with van der Waals surface area (Å²) in [6, 6.07) is 15.2. The van der Waals surface area contributed by atoms with Crippen molar-refractivity contribution in [1.29, 1.82) is 0 Å². The van der Waals surface area contributed by atoms with Gasteiger partial charge in [0, 0.05) is 38.5 Å². The molecule has 7 heteroatoms. The highest BCUT2D eigenvalue weighted by Gasteiger charge is 2.12. The maximum atomic E-state index is 12.3. The van der Waals surface area contributed by atoms with Gasteiger partial charge in [0.1, 0.15) is 5.76 Å². The van der Waals surface area contributed by atoms with Crippen LogP contribution in [0.3, 0.4) is 0 Å². The molecule has 7 nitrogen and oxygen atoms in total. The van der Waals surface area contributed by atoms with E-state index in [0.29, 0.717) is 17.9 Å². The molecule has 0 radical (unpaired) electrons. The van der Waals surface area contributed by atoms with E-state index in [1.807, 2.05) is 0 Å². The third-order valence-electron chi connectivity index (χ3n) is 4.17. The third kappa shape index (κ3) is 4.56. The molecule has 0 spiro atoms. The number of benzene rings is 1. The predicted molar refractivity (Wildman–Crippen MR) is 104 cm³/mol. The molecule has 0 bridgehead atoms. The third-order valence-corrected chi connectivity index (χ3v) is 4.17. The number of hydrogen-bond acceptors (Lipinski definition) is 4. The van der Waals surface area contributed by atoms with Crippen LogP contribution >= 0.6 is 0 Å². The van der Waals surface area contributed by atoms with Crippen molar-refractivity contribution in [3.63, 3.8) is 0 Å². The molecule has 0 saturated carbocycles. The van der Waals surface area contributed by atoms with Crippen LogP contribution in [0.4, 0.5) is 0 Å². The van der Waals surface area contributed by atoms with Crippen LogP contribution in [0.15, 0.2) is 70.0 Å². The second-order valence-electron chi connectivity index (χ2n) is 6.51. The van der Waals surface area contributed by atoms with Gasteiger partial charge in [-0.3, -0.25) is 14.4 Å². The number of amides is 2. The summed E-state index contributed by atoms with van der Waals surface area (Å²) >= 11 is 0. The molecule has 0 aliphatic carbocycles. The van der Waals surface area contributed by atoms with Crippen LogP contribution in [0.25, 0.3) is 0 Å². The van der Waals surface area contributed by atoms with Crippen molar-refractivity contribution < 1.29 is 14.0 Å². The van der Waals surface area contributed by atoms with Crippen molar-refractivity contribution in [2.45, 2.75) is 13.1 Å². The molecule has 1 aromatic carbocycles. The summed E-state index contributed by atoms with van der Waals surface area (Å²) in [7, 11) is 3.39. The molecule has 0 fully saturated rings. The van der Waals surface area contributed by atoms with Crippen LogP contribution in [0.5, 0.6) is 0 Å². The summed E-state index contributed by atoms with van der Waals surface area (Å²) in [5, 5.41) is 2.78. The Labute approximate surface area is 162 Å². The molecule has 3 aromatic rings. The van der Waals surface area contributed by atoms with Crippen LogP contribution in [0, 0.1) is 0 Å². The van der Waals surface area contributed by atoms with Crippen molar-refractivity contribution in [1.82, 2.24) is 14.8 Å². The van der Waals surface area contributed by atoms with Gasteiger partial charge in [-0.25, -0.2) is 0 Å². The molecule has 0 aliphatic heterocycles. The Morgan fingerprint density at radius 1 is 1.04 bits per heavy atom. The lowest BCUT2D eigenvalue weighted by molar-refractivity contribution is 0.0827. The fourth-order valence-electron chi connectivity index (χ4n) is 2.64. The number of carbonyl (C=O) groups is 2. The Bertz CT molecular complexity index is 1030. The van der Waals surface area contributed by atoms with E-state index >= 15 is 0 Å². The second-order valence-corrected chi connectivity index (χ2v) is 6.51. The first-order valence-electron chi connectivity index (χ1n) is 8.77. The molecular formula is C21H21N3O4. The molecule has 0 atom stereocenters. The highest BCUT2D eigenvalue weighted by molar-refractivity contribution is 5.94. The maximum Gasteiger partial charge on any atom is 0.287 e. The zero-order chi connectivity index (χ0) is 20.1. The Hall–Kier alpha value is -3.61. The molecular weight excluding hydrogens is 358 g/mol. The van der Waals surface area contributed by atoms with Crippen molar-refractivity contribution in [3.8, 4) is 0 Å². The van der Waals surface area contributed by atoms with Crippen LogP contribution < -0.4 is 10.9 Å². The number of nitrogens with one attached hydrogen (secondary N) is 1. The lowest BCUT2D eigenvalue weighted by Gasteiger charge is -2.10. The molecule has 0 saturated heterocycles. The van der Waals surface area contributed by atoms with E-state index in [1.165, 1.54) is 15.5 Å². The van der Waals surface area contributed by atoms with Gasteiger partial charge in [0.05, 0.1) is 6.54 Å². The summed E-state index contributed by atoms with van der Waals surface area (Å²) in [4.78, 5) is 37.4. The molecule has 28 heavy (non-hydrogen) atoms. The first-order valence-corrected chi connectivity index (χ1v) is 8.77. The largest absolute Gasteiger partial charge is 0.454 e. The molecule has 0 unspecified atom stereocenters. The number of carbonyl (C=O) groups excluding carboxylic acids is 2. The number of nitrogens with zero attached hydrogens (tertiary/aromatic N) is 2. The Morgan fingerprint density at radius 3 is 2.46 bits per heavy atom. The van der Waals surface area contributed by atoms with E-state index in [9.17, 15) is 14.4 Å². The minimum Gasteiger partial charge on any atom is -0.454 e. The summed E-state index contributed by atoms with van der Waals surface area (Å²) in [6.45, 7) is 0.567. The average Bonchev–Trinajstić information content (AvgIpc) is 3.16. The van der Waals surface area contributed by atoms with Crippen LogP contribution in [0.1, 0.15) is 32.2 Å². The molecule has 2 amide bonds. The van der Waals surface area contributed by atoms with Gasteiger partial charge in [0.2, 0.25) is 0 Å². The highest BCUT2D eigenvalue weighted by Crippen LogP contribution is 2.10. The first-order chi connectivity index (χ1) is 13.4. The Kier molecular flexibility index (Phi) is 5.74. The van der Waals surface area contributed by atoms with E-state index in [4.69, 9.17) is 4.42 Å². The van der Waals surface area contributed by atoms with Gasteiger partial charge < -0.3 is 19.2 Å². The molecule has 144 valence electrons. The van der Waals surface area contributed by atoms with E-state index in [-0.39, 0.29) is 29.7 Å². The summed E-state index contributed by atoms with van der Waals surface area (Å²) < 4.78 is 7.04. The molecule has 2 aromatic heterocycles. The average molecular weight is 379 g/mol. The second kappa shape index (κ2) is 8.39. The standard InChI is InChI=1S/C21H21N3O4/c1-23(2)21(27)16-8-6-15(7-9-16)13-22-20(26)18-11-10-17(28-18)14-24-12-4-3-5-19(24)25/h3-12H,13-14H2,1-2H3,(H,22,26). The monoisotopic (exact) mass is 379 g/mol. The fraction of sp³-hybridized carbons (Fsp3) is 0.190. The van der Waals surface area contributed by atoms with E-state index in [2.05, 4.69) is 5.32 Å². The van der Waals surface area contributed by atoms with E-state index < -0.39 is 0 Å². The highest BCUT2D eigenvalue weighted by atomic mass is 16.4. The van der Waals surface area contributed by atoms with Crippen molar-refractivity contribution in [3.05, 3.63) is 93.8 Å². The number of aromatic nitrogens is 1. The molecule has 3 rings (SSSR count). The molecule has 1 N–H and O–H groups in total. The van der Waals surface area contributed by atoms with Gasteiger partial charge in [-0.05, 0) is 35.9 Å². The van der Waals surface area contributed by atoms with Gasteiger partial charge in [-0.15, -0.1) is 0 Å². The van der Waals surface area contributed by atoms with Crippen molar-refractivity contribution in [2.24, 2.45) is 0 Å². The van der Waals surface area contributed by atoms with Gasteiger partial charge in [-0.1, -0.05) is 18.2 Å². The van der Waals surface area contributed by atoms with Crippen LogP contribution in [-0.2, 0) is 13.1 Å². The summed E-state index contributed by atoms with van der Waals surface area (Å²) in [5.74, 6) is 0.278. The molecule has 0 aliphatic rings. The normalized spacial score (nSPS) is 10.5. The lowest BCUT2D eigenvalue weighted by atomic mass is 10.1. The SMILES string of the molecule is CN(C)C(=O)c1ccc(CNC(=O)c2ccc(Cn3ccccc3=O)o2)cc1. The zero-order valence-corrected chi connectivity index (χ0v) is 15.7.